The minimum atomic E-state index is -1.10. The van der Waals surface area contributed by atoms with Crippen LogP contribution in [0.15, 0.2) is 0 Å². The van der Waals surface area contributed by atoms with Crippen LogP contribution in [-0.2, 0) is 14.4 Å². The van der Waals surface area contributed by atoms with E-state index in [-0.39, 0.29) is 24.9 Å². The number of aliphatic hydroxyl groups excluding tert-OH is 1. The van der Waals surface area contributed by atoms with Crippen molar-refractivity contribution in [3.05, 3.63) is 0 Å². The summed E-state index contributed by atoms with van der Waals surface area (Å²) in [6, 6.07) is -1.01. The van der Waals surface area contributed by atoms with Crippen molar-refractivity contribution in [1.82, 2.24) is 5.32 Å². The molecular weight excluding hydrogens is 442 g/mol. The molecule has 10 atom stereocenters. The van der Waals surface area contributed by atoms with Gasteiger partial charge < -0.3 is 15.5 Å². The molecule has 4 fully saturated rings. The van der Waals surface area contributed by atoms with E-state index in [1.807, 2.05) is 0 Å². The van der Waals surface area contributed by atoms with Gasteiger partial charge >= 0.3 is 5.97 Å². The molecule has 1 amide bonds. The molecule has 0 bridgehead atoms. The highest BCUT2D eigenvalue weighted by Crippen LogP contribution is 2.68. The minimum Gasteiger partial charge on any atom is -0.480 e. The molecule has 4 aliphatic rings. The van der Waals surface area contributed by atoms with Crippen LogP contribution < -0.4 is 5.32 Å². The van der Waals surface area contributed by atoms with Crippen molar-refractivity contribution in [2.24, 2.45) is 46.3 Å². The lowest BCUT2D eigenvalue weighted by Gasteiger charge is -2.61. The molecule has 0 spiro atoms. The summed E-state index contributed by atoms with van der Waals surface area (Å²) in [5.74, 6) is 2.76. The number of aliphatic hydroxyl groups is 1. The van der Waals surface area contributed by atoms with Gasteiger partial charge in [-0.3, -0.25) is 9.59 Å². The number of fused-ring (bicyclic) bond motifs is 5. The Balaban J connectivity index is 1.36. The van der Waals surface area contributed by atoms with Crippen LogP contribution in [0, 0.1) is 46.3 Å². The number of carbonyl (C=O) groups excluding carboxylic acids is 2. The van der Waals surface area contributed by atoms with Gasteiger partial charge in [0.1, 0.15) is 6.04 Å². The van der Waals surface area contributed by atoms with Gasteiger partial charge in [0, 0.05) is 12.8 Å². The van der Waals surface area contributed by atoms with Crippen molar-refractivity contribution < 1.29 is 24.6 Å². The number of aliphatic carboxylic acids is 1. The third-order valence-corrected chi connectivity index (χ3v) is 11.4. The lowest BCUT2D eigenvalue weighted by molar-refractivity contribution is -0.142. The van der Waals surface area contributed by atoms with Gasteiger partial charge in [-0.25, -0.2) is 4.79 Å². The first-order chi connectivity index (χ1) is 16.6. The van der Waals surface area contributed by atoms with E-state index in [0.29, 0.717) is 35.0 Å². The van der Waals surface area contributed by atoms with E-state index in [9.17, 15) is 24.6 Å². The maximum Gasteiger partial charge on any atom is 0.326 e. The molecule has 0 aromatic rings. The first-order valence-corrected chi connectivity index (χ1v) is 14.2. The number of carboxylic acid groups (broad SMARTS) is 1. The summed E-state index contributed by atoms with van der Waals surface area (Å²) in [7, 11) is 0. The Bertz CT molecular complexity index is 800. The summed E-state index contributed by atoms with van der Waals surface area (Å²) in [4.78, 5) is 34.3. The van der Waals surface area contributed by atoms with Gasteiger partial charge in [-0.05, 0) is 117 Å². The lowest BCUT2D eigenvalue weighted by atomic mass is 9.44. The second-order valence-electron chi connectivity index (χ2n) is 13.0. The molecule has 197 valence electrons. The van der Waals surface area contributed by atoms with Crippen molar-refractivity contribution in [1.29, 1.82) is 0 Å². The van der Waals surface area contributed by atoms with Crippen LogP contribution >= 0.6 is 0 Å². The fraction of sp³-hybridized carbons (Fsp3) is 0.897. The molecule has 6 heteroatoms. The van der Waals surface area contributed by atoms with Crippen molar-refractivity contribution in [3.63, 3.8) is 0 Å². The quantitative estimate of drug-likeness (QED) is 0.429. The van der Waals surface area contributed by atoms with E-state index < -0.39 is 12.0 Å². The van der Waals surface area contributed by atoms with Crippen molar-refractivity contribution in [3.8, 4) is 0 Å². The normalized spacial score (nSPS) is 42.2. The van der Waals surface area contributed by atoms with Crippen LogP contribution in [0.4, 0.5) is 0 Å². The molecule has 4 rings (SSSR count). The second kappa shape index (κ2) is 10.5. The third-order valence-electron chi connectivity index (χ3n) is 11.4. The first kappa shape index (κ1) is 26.6. The third kappa shape index (κ3) is 5.06. The summed E-state index contributed by atoms with van der Waals surface area (Å²) in [6.07, 6.45) is 13.7. The van der Waals surface area contributed by atoms with E-state index in [2.05, 4.69) is 26.1 Å². The van der Waals surface area contributed by atoms with Gasteiger partial charge in [-0.15, -0.1) is 0 Å². The van der Waals surface area contributed by atoms with E-state index in [4.69, 9.17) is 0 Å². The highest BCUT2D eigenvalue weighted by atomic mass is 16.4. The van der Waals surface area contributed by atoms with Crippen LogP contribution in [-0.4, -0.2) is 40.5 Å². The molecule has 35 heavy (non-hydrogen) atoms. The molecule has 0 heterocycles. The Morgan fingerprint density at radius 2 is 1.71 bits per heavy atom. The zero-order chi connectivity index (χ0) is 25.4. The van der Waals surface area contributed by atoms with Crippen LogP contribution in [0.3, 0.4) is 0 Å². The molecule has 6 nitrogen and oxygen atoms in total. The molecule has 3 N–H and O–H groups in total. The molecular formula is C29H46NO5. The summed E-state index contributed by atoms with van der Waals surface area (Å²) in [5, 5.41) is 22.2. The van der Waals surface area contributed by atoms with Gasteiger partial charge in [-0.1, -0.05) is 20.8 Å². The van der Waals surface area contributed by atoms with Crippen molar-refractivity contribution in [2.45, 2.75) is 116 Å². The van der Waals surface area contributed by atoms with Crippen molar-refractivity contribution in [2.75, 3.05) is 0 Å². The van der Waals surface area contributed by atoms with Crippen LogP contribution in [0.1, 0.15) is 104 Å². The topological polar surface area (TPSA) is 104 Å². The Hall–Kier alpha value is -1.43. The van der Waals surface area contributed by atoms with E-state index in [1.54, 1.807) is 6.29 Å². The zero-order valence-electron chi connectivity index (χ0n) is 21.9. The zero-order valence-corrected chi connectivity index (χ0v) is 21.9. The minimum absolute atomic E-state index is 0.0119. The highest BCUT2D eigenvalue weighted by molar-refractivity contribution is 5.83. The Morgan fingerprint density at radius 3 is 2.43 bits per heavy atom. The van der Waals surface area contributed by atoms with E-state index >= 15 is 0 Å². The fourth-order valence-corrected chi connectivity index (χ4v) is 9.50. The van der Waals surface area contributed by atoms with Crippen LogP contribution in [0.25, 0.3) is 0 Å². The molecule has 0 aliphatic heterocycles. The maximum absolute atomic E-state index is 12.5. The molecule has 0 unspecified atom stereocenters. The molecule has 0 aromatic carbocycles. The second-order valence-corrected chi connectivity index (χ2v) is 13.0. The summed E-state index contributed by atoms with van der Waals surface area (Å²) >= 11 is 0. The van der Waals surface area contributed by atoms with Gasteiger partial charge in [0.05, 0.1) is 6.10 Å². The number of carbonyl (C=O) groups is 2. The SMILES string of the molecule is C[C@H](CCC(=O)N[C@@H](CC[C]=O)C(=O)O)[C@H]1CC[C@H]2[C@@H]3CC[C@@H]4C[C@H](O)CC[C@]4(C)[C@H]3CC[C@]12C. The fourth-order valence-electron chi connectivity index (χ4n) is 9.50. The standard InChI is InChI=1S/C29H46NO5/c1-18(6-11-26(33)30-25(27(34)35)5-4-16-31)22-9-10-23-21-8-7-19-17-20(32)12-14-28(19,2)24(21)13-15-29(22,23)3/h18-25,32H,4-15,17H2,1-3H3,(H,30,33)(H,34,35)/t18-,19-,20-,21+,22-,23+,24+,25+,28+,29-/m1/s1. The lowest BCUT2D eigenvalue weighted by Crippen LogP contribution is -2.54. The Labute approximate surface area is 211 Å². The predicted octanol–water partition coefficient (Wildman–Crippen LogP) is 4.88. The van der Waals surface area contributed by atoms with Gasteiger partial charge in [0.2, 0.25) is 5.91 Å². The monoisotopic (exact) mass is 488 g/mol. The summed E-state index contributed by atoms with van der Waals surface area (Å²) in [6.45, 7) is 7.35. The van der Waals surface area contributed by atoms with Gasteiger partial charge in [0.15, 0.2) is 6.29 Å². The maximum atomic E-state index is 12.5. The van der Waals surface area contributed by atoms with Gasteiger partial charge in [-0.2, -0.15) is 0 Å². The highest BCUT2D eigenvalue weighted by Gasteiger charge is 2.60. The average Bonchev–Trinajstić information content (AvgIpc) is 3.17. The molecule has 4 aliphatic carbocycles. The average molecular weight is 489 g/mol. The number of nitrogens with one attached hydrogen (secondary N) is 1. The van der Waals surface area contributed by atoms with E-state index in [1.165, 1.54) is 44.9 Å². The molecule has 4 saturated carbocycles. The smallest absolute Gasteiger partial charge is 0.326 e. The number of hydrogen-bond acceptors (Lipinski definition) is 4. The predicted molar refractivity (Wildman–Crippen MR) is 134 cm³/mol. The summed E-state index contributed by atoms with van der Waals surface area (Å²) in [5.41, 5.74) is 0.728. The van der Waals surface area contributed by atoms with Gasteiger partial charge in [0.25, 0.3) is 0 Å². The van der Waals surface area contributed by atoms with Crippen molar-refractivity contribution >= 4 is 18.2 Å². The summed E-state index contributed by atoms with van der Waals surface area (Å²) < 4.78 is 0. The Morgan fingerprint density at radius 1 is 1.00 bits per heavy atom. The first-order valence-electron chi connectivity index (χ1n) is 14.2. The van der Waals surface area contributed by atoms with E-state index in [0.717, 1.165) is 37.0 Å². The number of rotatable bonds is 9. The largest absolute Gasteiger partial charge is 0.480 e. The number of hydrogen-bond donors (Lipinski definition) is 3. The Kier molecular flexibility index (Phi) is 8.00. The molecule has 1 radical (unpaired) electrons. The van der Waals surface area contributed by atoms with Crippen LogP contribution in [0.2, 0.25) is 0 Å². The molecule has 0 saturated heterocycles. The number of carboxylic acids is 1. The molecule has 0 aromatic heterocycles. The van der Waals surface area contributed by atoms with Crippen LogP contribution in [0.5, 0.6) is 0 Å². The number of amides is 1.